The molecular formula is C16H21FN2O3. The summed E-state index contributed by atoms with van der Waals surface area (Å²) in [6, 6.07) is 3.11. The van der Waals surface area contributed by atoms with Crippen LogP contribution >= 0.6 is 0 Å². The first-order valence-corrected chi connectivity index (χ1v) is 7.10. The van der Waals surface area contributed by atoms with Crippen LogP contribution in [0, 0.1) is 5.82 Å². The van der Waals surface area contributed by atoms with Crippen molar-refractivity contribution in [1.29, 1.82) is 0 Å². The van der Waals surface area contributed by atoms with E-state index in [1.165, 1.54) is 13.2 Å². The smallest absolute Gasteiger partial charge is 0.407 e. The van der Waals surface area contributed by atoms with Gasteiger partial charge in [0.1, 0.15) is 11.4 Å². The van der Waals surface area contributed by atoms with Crippen LogP contribution in [0.4, 0.5) is 9.18 Å². The molecule has 2 aromatic rings. The Morgan fingerprint density at radius 3 is 2.73 bits per heavy atom. The standard InChI is InChI=1S/C16H21FN2O3/c1-16(2,3)22-15(20)18-6-5-10-9-19-14-12(10)7-11(21-4)8-13(14)17/h7-9,19H,5-6H2,1-4H3,(H,18,20). The molecule has 0 fully saturated rings. The van der Waals surface area contributed by atoms with Crippen LogP contribution in [0.5, 0.6) is 5.75 Å². The highest BCUT2D eigenvalue weighted by atomic mass is 19.1. The maximum Gasteiger partial charge on any atom is 0.407 e. The third-order valence-corrected chi connectivity index (χ3v) is 3.10. The molecule has 0 bridgehead atoms. The molecule has 6 heteroatoms. The van der Waals surface area contributed by atoms with Gasteiger partial charge in [-0.2, -0.15) is 0 Å². The van der Waals surface area contributed by atoms with Crippen LogP contribution in [-0.2, 0) is 11.2 Å². The van der Waals surface area contributed by atoms with Crippen molar-refractivity contribution in [1.82, 2.24) is 10.3 Å². The van der Waals surface area contributed by atoms with Crippen molar-refractivity contribution in [2.24, 2.45) is 0 Å². The van der Waals surface area contributed by atoms with Crippen LogP contribution in [0.1, 0.15) is 26.3 Å². The Balaban J connectivity index is 2.03. The first-order chi connectivity index (χ1) is 10.3. The first-order valence-electron chi connectivity index (χ1n) is 7.10. The van der Waals surface area contributed by atoms with Crippen molar-refractivity contribution in [2.75, 3.05) is 13.7 Å². The number of amides is 1. The summed E-state index contributed by atoms with van der Waals surface area (Å²) in [5, 5.41) is 3.44. The average molecular weight is 308 g/mol. The minimum Gasteiger partial charge on any atom is -0.497 e. The highest BCUT2D eigenvalue weighted by Gasteiger charge is 2.16. The van der Waals surface area contributed by atoms with Gasteiger partial charge in [-0.15, -0.1) is 0 Å². The number of hydrogen-bond acceptors (Lipinski definition) is 3. The Kier molecular flexibility index (Phi) is 4.59. The molecular weight excluding hydrogens is 287 g/mol. The highest BCUT2D eigenvalue weighted by Crippen LogP contribution is 2.26. The summed E-state index contributed by atoms with van der Waals surface area (Å²) in [6.45, 7) is 5.82. The summed E-state index contributed by atoms with van der Waals surface area (Å²) in [6.07, 6.45) is 1.84. The van der Waals surface area contributed by atoms with Crippen LogP contribution in [0.15, 0.2) is 18.3 Å². The quantitative estimate of drug-likeness (QED) is 0.910. The number of alkyl carbamates (subject to hydrolysis) is 1. The molecule has 0 saturated heterocycles. The molecule has 0 unspecified atom stereocenters. The fourth-order valence-electron chi connectivity index (χ4n) is 2.16. The number of H-pyrrole nitrogens is 1. The minimum absolute atomic E-state index is 0.360. The number of aromatic nitrogens is 1. The molecule has 5 nitrogen and oxygen atoms in total. The summed E-state index contributed by atoms with van der Waals surface area (Å²) in [4.78, 5) is 14.5. The van der Waals surface area contributed by atoms with Gasteiger partial charge in [-0.1, -0.05) is 0 Å². The summed E-state index contributed by atoms with van der Waals surface area (Å²) in [5.41, 5.74) is 0.818. The van der Waals surface area contributed by atoms with E-state index in [0.29, 0.717) is 24.2 Å². The predicted octanol–water partition coefficient (Wildman–Crippen LogP) is 3.38. The second-order valence-electron chi connectivity index (χ2n) is 6.02. The zero-order valence-corrected chi connectivity index (χ0v) is 13.2. The SMILES string of the molecule is COc1cc(F)c2[nH]cc(CCNC(=O)OC(C)(C)C)c2c1. The topological polar surface area (TPSA) is 63.3 Å². The first kappa shape index (κ1) is 16.1. The van der Waals surface area contributed by atoms with Crippen molar-refractivity contribution in [3.63, 3.8) is 0 Å². The van der Waals surface area contributed by atoms with Crippen molar-refractivity contribution in [3.8, 4) is 5.75 Å². The van der Waals surface area contributed by atoms with Gasteiger partial charge in [0.15, 0.2) is 5.82 Å². The zero-order chi connectivity index (χ0) is 16.3. The van der Waals surface area contributed by atoms with Crippen molar-refractivity contribution in [2.45, 2.75) is 32.8 Å². The Labute approximate surface area is 128 Å². The van der Waals surface area contributed by atoms with E-state index in [1.54, 1.807) is 33.0 Å². The van der Waals surface area contributed by atoms with Crippen LogP contribution in [0.25, 0.3) is 10.9 Å². The van der Waals surface area contributed by atoms with Gasteiger partial charge in [0, 0.05) is 24.2 Å². The van der Waals surface area contributed by atoms with Gasteiger partial charge in [0.2, 0.25) is 0 Å². The molecule has 0 aliphatic carbocycles. The van der Waals surface area contributed by atoms with E-state index in [0.717, 1.165) is 10.9 Å². The van der Waals surface area contributed by atoms with Gasteiger partial charge < -0.3 is 19.8 Å². The zero-order valence-electron chi connectivity index (χ0n) is 13.2. The maximum absolute atomic E-state index is 13.9. The number of benzene rings is 1. The molecule has 0 saturated carbocycles. The molecule has 1 heterocycles. The third-order valence-electron chi connectivity index (χ3n) is 3.10. The van der Waals surface area contributed by atoms with E-state index in [1.807, 2.05) is 0 Å². The van der Waals surface area contributed by atoms with Gasteiger partial charge in [0.05, 0.1) is 12.6 Å². The maximum atomic E-state index is 13.9. The minimum atomic E-state index is -0.526. The van der Waals surface area contributed by atoms with Crippen molar-refractivity contribution >= 4 is 17.0 Å². The van der Waals surface area contributed by atoms with Crippen LogP contribution in [0.2, 0.25) is 0 Å². The van der Waals surface area contributed by atoms with E-state index in [2.05, 4.69) is 10.3 Å². The summed E-state index contributed by atoms with van der Waals surface area (Å²) >= 11 is 0. The Morgan fingerprint density at radius 1 is 1.36 bits per heavy atom. The van der Waals surface area contributed by atoms with Crippen LogP contribution in [0.3, 0.4) is 0 Å². The fraction of sp³-hybridized carbons (Fsp3) is 0.438. The molecule has 2 rings (SSSR count). The van der Waals surface area contributed by atoms with Gasteiger partial charge >= 0.3 is 6.09 Å². The van der Waals surface area contributed by atoms with E-state index >= 15 is 0 Å². The van der Waals surface area contributed by atoms with Crippen LogP contribution < -0.4 is 10.1 Å². The Hall–Kier alpha value is -2.24. The Morgan fingerprint density at radius 2 is 2.09 bits per heavy atom. The number of methoxy groups -OCH3 is 1. The van der Waals surface area contributed by atoms with Gasteiger partial charge in [-0.3, -0.25) is 0 Å². The summed E-state index contributed by atoms with van der Waals surface area (Å²) in [5.74, 6) is 0.103. The number of carbonyl (C=O) groups excluding carboxylic acids is 1. The molecule has 0 radical (unpaired) electrons. The average Bonchev–Trinajstić information content (AvgIpc) is 2.80. The second kappa shape index (κ2) is 6.25. The lowest BCUT2D eigenvalue weighted by Gasteiger charge is -2.19. The number of rotatable bonds is 4. The van der Waals surface area contributed by atoms with Gasteiger partial charge in [-0.25, -0.2) is 9.18 Å². The van der Waals surface area contributed by atoms with Crippen molar-refractivity contribution in [3.05, 3.63) is 29.7 Å². The molecule has 1 amide bonds. The second-order valence-corrected chi connectivity index (χ2v) is 6.02. The lowest BCUT2D eigenvalue weighted by molar-refractivity contribution is 0.0528. The number of nitrogens with one attached hydrogen (secondary N) is 2. The Bertz CT molecular complexity index is 674. The normalized spacial score (nSPS) is 11.5. The van der Waals surface area contributed by atoms with Gasteiger partial charge in [0.25, 0.3) is 0 Å². The third kappa shape index (κ3) is 3.90. The fourth-order valence-corrected chi connectivity index (χ4v) is 2.16. The molecule has 0 aliphatic heterocycles. The number of aromatic amines is 1. The number of carbonyl (C=O) groups is 1. The van der Waals surface area contributed by atoms with E-state index in [9.17, 15) is 9.18 Å². The predicted molar refractivity (Wildman–Crippen MR) is 82.7 cm³/mol. The lowest BCUT2D eigenvalue weighted by atomic mass is 10.1. The van der Waals surface area contributed by atoms with E-state index in [4.69, 9.17) is 9.47 Å². The largest absolute Gasteiger partial charge is 0.497 e. The molecule has 0 aliphatic rings. The number of ether oxygens (including phenoxy) is 2. The van der Waals surface area contributed by atoms with E-state index in [-0.39, 0.29) is 5.82 Å². The summed E-state index contributed by atoms with van der Waals surface area (Å²) < 4.78 is 24.1. The molecule has 120 valence electrons. The molecule has 1 aromatic heterocycles. The van der Waals surface area contributed by atoms with Crippen LogP contribution in [-0.4, -0.2) is 30.3 Å². The van der Waals surface area contributed by atoms with Crippen molar-refractivity contribution < 1.29 is 18.7 Å². The molecule has 22 heavy (non-hydrogen) atoms. The van der Waals surface area contributed by atoms with Gasteiger partial charge in [-0.05, 0) is 38.8 Å². The monoisotopic (exact) mass is 308 g/mol. The molecule has 1 aromatic carbocycles. The number of halogens is 1. The highest BCUT2D eigenvalue weighted by molar-refractivity contribution is 5.85. The summed E-state index contributed by atoms with van der Waals surface area (Å²) in [7, 11) is 1.50. The molecule has 0 atom stereocenters. The number of hydrogen-bond donors (Lipinski definition) is 2. The molecule has 0 spiro atoms. The lowest BCUT2D eigenvalue weighted by Crippen LogP contribution is -2.33. The number of fused-ring (bicyclic) bond motifs is 1. The van der Waals surface area contributed by atoms with E-state index < -0.39 is 11.7 Å². The molecule has 2 N–H and O–H groups in total.